The van der Waals surface area contributed by atoms with Crippen LogP contribution >= 0.6 is 0 Å². The molecule has 0 bridgehead atoms. The first-order chi connectivity index (χ1) is 9.51. The van der Waals surface area contributed by atoms with Crippen molar-refractivity contribution in [2.75, 3.05) is 5.73 Å². The molecule has 2 rings (SSSR count). The van der Waals surface area contributed by atoms with Crippen molar-refractivity contribution in [2.24, 2.45) is 11.7 Å². The Morgan fingerprint density at radius 2 is 2.20 bits per heavy atom. The fourth-order valence-corrected chi connectivity index (χ4v) is 2.77. The molecule has 0 heterocycles. The van der Waals surface area contributed by atoms with Gasteiger partial charge in [-0.05, 0) is 31.2 Å². The number of anilines is 1. The van der Waals surface area contributed by atoms with Gasteiger partial charge < -0.3 is 16.2 Å². The summed E-state index contributed by atoms with van der Waals surface area (Å²) in [4.78, 5) is 11.2. The van der Waals surface area contributed by atoms with Gasteiger partial charge in [0.05, 0.1) is 11.7 Å². The quantitative estimate of drug-likeness (QED) is 0.832. The maximum Gasteiger partial charge on any atom is 0.250 e. The summed E-state index contributed by atoms with van der Waals surface area (Å²) in [5, 5.41) is 0. The smallest absolute Gasteiger partial charge is 0.250 e. The van der Waals surface area contributed by atoms with Crippen LogP contribution in [0.3, 0.4) is 0 Å². The lowest BCUT2D eigenvalue weighted by molar-refractivity contribution is 0.0996. The molecule has 1 aliphatic rings. The van der Waals surface area contributed by atoms with E-state index in [9.17, 15) is 9.18 Å². The largest absolute Gasteiger partial charge is 0.487 e. The number of hydrogen-bond acceptors (Lipinski definition) is 3. The second kappa shape index (κ2) is 6.11. The number of carbonyl (C=O) groups is 1. The first-order valence-electron chi connectivity index (χ1n) is 7.06. The van der Waals surface area contributed by atoms with Crippen molar-refractivity contribution >= 4 is 11.6 Å². The molecular weight excluding hydrogens is 259 g/mol. The zero-order chi connectivity index (χ0) is 14.7. The summed E-state index contributed by atoms with van der Waals surface area (Å²) in [6.07, 6.45) is 5.22. The van der Waals surface area contributed by atoms with Crippen molar-refractivity contribution in [3.8, 4) is 5.75 Å². The number of amides is 1. The average molecular weight is 280 g/mol. The van der Waals surface area contributed by atoms with Crippen LogP contribution in [0.25, 0.3) is 0 Å². The van der Waals surface area contributed by atoms with Gasteiger partial charge in [-0.3, -0.25) is 4.79 Å². The van der Waals surface area contributed by atoms with Crippen LogP contribution in [0.15, 0.2) is 12.1 Å². The molecule has 1 aromatic rings. The molecule has 2 unspecified atom stereocenters. The van der Waals surface area contributed by atoms with Crippen LogP contribution < -0.4 is 16.2 Å². The maximum atomic E-state index is 13.9. The van der Waals surface area contributed by atoms with Gasteiger partial charge in [-0.2, -0.15) is 0 Å². The van der Waals surface area contributed by atoms with E-state index in [1.807, 2.05) is 0 Å². The third-order valence-corrected chi connectivity index (χ3v) is 3.98. The van der Waals surface area contributed by atoms with Gasteiger partial charge >= 0.3 is 0 Å². The molecule has 4 nitrogen and oxygen atoms in total. The first kappa shape index (κ1) is 14.6. The minimum Gasteiger partial charge on any atom is -0.487 e. The summed E-state index contributed by atoms with van der Waals surface area (Å²) in [7, 11) is 0. The predicted octanol–water partition coefficient (Wildman–Crippen LogP) is 2.85. The average Bonchev–Trinajstić information content (AvgIpc) is 2.41. The number of halogens is 1. The zero-order valence-corrected chi connectivity index (χ0v) is 11.7. The highest BCUT2D eigenvalue weighted by Crippen LogP contribution is 2.31. The van der Waals surface area contributed by atoms with Crippen molar-refractivity contribution in [3.05, 3.63) is 23.5 Å². The Hall–Kier alpha value is -1.78. The fraction of sp³-hybridized carbons (Fsp3) is 0.533. The molecule has 2 atom stereocenters. The molecule has 0 radical (unpaired) electrons. The van der Waals surface area contributed by atoms with E-state index in [1.165, 1.54) is 12.5 Å². The molecule has 1 saturated carbocycles. The Balaban J connectivity index is 2.16. The van der Waals surface area contributed by atoms with E-state index in [0.29, 0.717) is 5.92 Å². The standard InChI is InChI=1S/C15H21FN2O2/c1-2-9-4-3-5-10(6-9)20-14-7-11(15(18)19)13(17)8-12(14)16/h7-10H,2-6,17H2,1H3,(H2,18,19). The summed E-state index contributed by atoms with van der Waals surface area (Å²) in [5.74, 6) is -0.537. The van der Waals surface area contributed by atoms with Crippen LogP contribution in [0.5, 0.6) is 5.75 Å². The minimum absolute atomic E-state index is 0.00690. The third kappa shape index (κ3) is 3.21. The SMILES string of the molecule is CCC1CCCC(Oc2cc(C(N)=O)c(N)cc2F)C1. The van der Waals surface area contributed by atoms with Gasteiger partial charge in [0.15, 0.2) is 11.6 Å². The van der Waals surface area contributed by atoms with Gasteiger partial charge in [0.25, 0.3) is 5.91 Å². The monoisotopic (exact) mass is 280 g/mol. The van der Waals surface area contributed by atoms with Crippen molar-refractivity contribution in [1.82, 2.24) is 0 Å². The number of nitrogen functional groups attached to an aromatic ring is 1. The lowest BCUT2D eigenvalue weighted by atomic mass is 9.85. The molecule has 0 aliphatic heterocycles. The van der Waals surface area contributed by atoms with Crippen molar-refractivity contribution in [2.45, 2.75) is 45.1 Å². The van der Waals surface area contributed by atoms with E-state index in [1.54, 1.807) is 0 Å². The number of carbonyl (C=O) groups excluding carboxylic acids is 1. The Bertz CT molecular complexity index is 505. The second-order valence-corrected chi connectivity index (χ2v) is 5.41. The van der Waals surface area contributed by atoms with Crippen molar-refractivity contribution in [3.63, 3.8) is 0 Å². The highest BCUT2D eigenvalue weighted by atomic mass is 19.1. The fourth-order valence-electron chi connectivity index (χ4n) is 2.77. The number of ether oxygens (including phenoxy) is 1. The summed E-state index contributed by atoms with van der Waals surface area (Å²) < 4.78 is 19.6. The summed E-state index contributed by atoms with van der Waals surface area (Å²) >= 11 is 0. The van der Waals surface area contributed by atoms with E-state index in [2.05, 4.69) is 6.92 Å². The van der Waals surface area contributed by atoms with E-state index < -0.39 is 11.7 Å². The zero-order valence-electron chi connectivity index (χ0n) is 11.7. The van der Waals surface area contributed by atoms with Gasteiger partial charge in [-0.1, -0.05) is 19.8 Å². The maximum absolute atomic E-state index is 13.9. The topological polar surface area (TPSA) is 78.3 Å². The van der Waals surface area contributed by atoms with E-state index in [4.69, 9.17) is 16.2 Å². The molecule has 0 saturated heterocycles. The van der Waals surface area contributed by atoms with Gasteiger partial charge in [0, 0.05) is 11.8 Å². The Morgan fingerprint density at radius 3 is 2.85 bits per heavy atom. The molecule has 0 spiro atoms. The van der Waals surface area contributed by atoms with Gasteiger partial charge in [-0.15, -0.1) is 0 Å². The minimum atomic E-state index is -0.678. The van der Waals surface area contributed by atoms with Crippen LogP contribution in [0, 0.1) is 11.7 Å². The molecule has 20 heavy (non-hydrogen) atoms. The molecule has 1 aliphatic carbocycles. The van der Waals surface area contributed by atoms with Crippen LogP contribution in [0.4, 0.5) is 10.1 Å². The third-order valence-electron chi connectivity index (χ3n) is 3.98. The molecule has 1 fully saturated rings. The molecule has 0 aromatic heterocycles. The normalized spacial score (nSPS) is 22.5. The van der Waals surface area contributed by atoms with Gasteiger partial charge in [0.2, 0.25) is 0 Å². The van der Waals surface area contributed by atoms with Gasteiger partial charge in [0.1, 0.15) is 0 Å². The van der Waals surface area contributed by atoms with Crippen LogP contribution in [0.2, 0.25) is 0 Å². The number of nitrogens with two attached hydrogens (primary N) is 2. The molecule has 5 heteroatoms. The van der Waals surface area contributed by atoms with Crippen LogP contribution in [-0.2, 0) is 0 Å². The molecule has 1 amide bonds. The van der Waals surface area contributed by atoms with Crippen molar-refractivity contribution in [1.29, 1.82) is 0 Å². The number of primary amides is 1. The summed E-state index contributed by atoms with van der Waals surface area (Å²) in [5.41, 5.74) is 10.9. The van der Waals surface area contributed by atoms with E-state index >= 15 is 0 Å². The lowest BCUT2D eigenvalue weighted by Crippen LogP contribution is -2.25. The molecular formula is C15H21FN2O2. The van der Waals surface area contributed by atoms with E-state index in [-0.39, 0.29) is 23.1 Å². The summed E-state index contributed by atoms with van der Waals surface area (Å²) in [6, 6.07) is 2.40. The predicted molar refractivity (Wildman–Crippen MR) is 76.0 cm³/mol. The summed E-state index contributed by atoms with van der Waals surface area (Å²) in [6.45, 7) is 2.15. The second-order valence-electron chi connectivity index (χ2n) is 5.41. The highest BCUT2D eigenvalue weighted by molar-refractivity contribution is 5.98. The van der Waals surface area contributed by atoms with Crippen molar-refractivity contribution < 1.29 is 13.9 Å². The number of rotatable bonds is 4. The molecule has 110 valence electrons. The number of benzene rings is 1. The Labute approximate surface area is 118 Å². The Kier molecular flexibility index (Phi) is 4.47. The van der Waals surface area contributed by atoms with Crippen LogP contribution in [-0.4, -0.2) is 12.0 Å². The Morgan fingerprint density at radius 1 is 1.45 bits per heavy atom. The van der Waals surface area contributed by atoms with E-state index in [0.717, 1.165) is 31.7 Å². The molecule has 1 aromatic carbocycles. The highest BCUT2D eigenvalue weighted by Gasteiger charge is 2.23. The van der Waals surface area contributed by atoms with Crippen LogP contribution in [0.1, 0.15) is 49.4 Å². The number of hydrogen-bond donors (Lipinski definition) is 2. The first-order valence-corrected chi connectivity index (χ1v) is 7.06. The molecule has 4 N–H and O–H groups in total. The lowest BCUT2D eigenvalue weighted by Gasteiger charge is -2.29. The van der Waals surface area contributed by atoms with Gasteiger partial charge in [-0.25, -0.2) is 4.39 Å².